The third-order valence-corrected chi connectivity index (χ3v) is 6.28. The highest BCUT2D eigenvalue weighted by atomic mass is 19.1. The second-order valence-electron chi connectivity index (χ2n) is 8.30. The molecule has 0 spiro atoms. The third kappa shape index (κ3) is 3.66. The first-order valence-electron chi connectivity index (χ1n) is 11.0. The molecule has 5 rings (SSSR count). The minimum absolute atomic E-state index is 0.105. The first-order valence-corrected chi connectivity index (χ1v) is 11.0. The summed E-state index contributed by atoms with van der Waals surface area (Å²) in [6.07, 6.45) is 8.02. The van der Waals surface area contributed by atoms with Gasteiger partial charge in [-0.2, -0.15) is 5.10 Å². The van der Waals surface area contributed by atoms with Gasteiger partial charge < -0.3 is 4.90 Å². The number of carbonyl (C=O) groups is 2. The van der Waals surface area contributed by atoms with Crippen LogP contribution >= 0.6 is 0 Å². The Labute approximate surface area is 185 Å². The predicted octanol–water partition coefficient (Wildman–Crippen LogP) is 3.87. The summed E-state index contributed by atoms with van der Waals surface area (Å²) in [5, 5.41) is 4.02. The second-order valence-corrected chi connectivity index (χ2v) is 8.30. The Morgan fingerprint density at radius 1 is 1.09 bits per heavy atom. The maximum absolute atomic E-state index is 14.2. The van der Waals surface area contributed by atoms with Crippen LogP contribution in [0.25, 0.3) is 0 Å². The van der Waals surface area contributed by atoms with Crippen molar-refractivity contribution in [1.82, 2.24) is 14.8 Å². The Kier molecular flexibility index (Phi) is 5.43. The molecule has 32 heavy (non-hydrogen) atoms. The van der Waals surface area contributed by atoms with E-state index in [4.69, 9.17) is 0 Å². The zero-order valence-corrected chi connectivity index (χ0v) is 17.6. The van der Waals surface area contributed by atoms with E-state index in [2.05, 4.69) is 10.1 Å². The van der Waals surface area contributed by atoms with Crippen molar-refractivity contribution in [3.05, 3.63) is 72.6 Å². The smallest absolute Gasteiger partial charge is 0.255 e. The monoisotopic (exact) mass is 433 g/mol. The van der Waals surface area contributed by atoms with Crippen LogP contribution in [0.2, 0.25) is 0 Å². The van der Waals surface area contributed by atoms with E-state index in [1.807, 2.05) is 29.2 Å². The summed E-state index contributed by atoms with van der Waals surface area (Å²) in [7, 11) is 0. The van der Waals surface area contributed by atoms with E-state index >= 15 is 0 Å². The molecule has 2 aliphatic rings. The van der Waals surface area contributed by atoms with Crippen molar-refractivity contribution in [3.63, 3.8) is 0 Å². The fraction of sp³-hybridized carbons (Fsp3) is 0.333. The highest BCUT2D eigenvalue weighted by Crippen LogP contribution is 2.44. The molecule has 0 N–H and O–H groups in total. The number of halogens is 1. The SMILES string of the molecule is O=C1C(N(C(=O)Cn2cncn2)c2cccc(F)c2)c2ccccc2N1C1CCCCC1. The summed E-state index contributed by atoms with van der Waals surface area (Å²) in [5.74, 6) is -0.974. The molecule has 8 heteroatoms. The van der Waals surface area contributed by atoms with E-state index in [0.29, 0.717) is 5.69 Å². The molecule has 1 aliphatic carbocycles. The fourth-order valence-corrected chi connectivity index (χ4v) is 4.88. The standard InChI is InChI=1S/C24H24FN5O2/c25-17-7-6-10-19(13-17)30(22(31)14-28-16-26-15-27-28)23-20-11-4-5-12-21(20)29(24(23)32)18-8-2-1-3-9-18/h4-7,10-13,15-16,18,23H,1-3,8-9,14H2. The molecule has 1 saturated carbocycles. The number of nitrogens with zero attached hydrogens (tertiary/aromatic N) is 5. The molecule has 2 aromatic carbocycles. The molecular formula is C24H24FN5O2. The summed E-state index contributed by atoms with van der Waals surface area (Å²) in [6, 6.07) is 12.7. The van der Waals surface area contributed by atoms with Crippen molar-refractivity contribution in [2.75, 3.05) is 9.80 Å². The average Bonchev–Trinajstić information content (AvgIpc) is 3.41. The number of aromatic nitrogens is 3. The summed E-state index contributed by atoms with van der Waals surface area (Å²) in [5.41, 5.74) is 1.94. The van der Waals surface area contributed by atoms with Gasteiger partial charge >= 0.3 is 0 Å². The van der Waals surface area contributed by atoms with Crippen LogP contribution in [0.5, 0.6) is 0 Å². The molecule has 1 atom stereocenters. The van der Waals surface area contributed by atoms with Gasteiger partial charge in [0.25, 0.3) is 5.91 Å². The van der Waals surface area contributed by atoms with E-state index in [1.165, 1.54) is 40.8 Å². The number of fused-ring (bicyclic) bond motifs is 1. The quantitative estimate of drug-likeness (QED) is 0.612. The Balaban J connectivity index is 1.58. The minimum Gasteiger partial charge on any atom is -0.307 e. The molecule has 1 aliphatic heterocycles. The number of hydrogen-bond acceptors (Lipinski definition) is 4. The van der Waals surface area contributed by atoms with Crippen LogP contribution in [0.4, 0.5) is 15.8 Å². The van der Waals surface area contributed by atoms with Crippen LogP contribution < -0.4 is 9.80 Å². The van der Waals surface area contributed by atoms with Crippen LogP contribution in [-0.2, 0) is 16.1 Å². The van der Waals surface area contributed by atoms with Crippen molar-refractivity contribution in [2.45, 2.75) is 50.7 Å². The molecule has 0 radical (unpaired) electrons. The highest BCUT2D eigenvalue weighted by molar-refractivity contribution is 6.11. The first kappa shape index (κ1) is 20.4. The van der Waals surface area contributed by atoms with Crippen LogP contribution in [0.1, 0.15) is 43.7 Å². The Morgan fingerprint density at radius 3 is 2.66 bits per heavy atom. The van der Waals surface area contributed by atoms with Gasteiger partial charge in [-0.3, -0.25) is 14.5 Å². The molecule has 2 heterocycles. The van der Waals surface area contributed by atoms with Gasteiger partial charge in [-0.25, -0.2) is 14.1 Å². The van der Waals surface area contributed by atoms with Crippen molar-refractivity contribution in [2.24, 2.45) is 0 Å². The topological polar surface area (TPSA) is 71.3 Å². The van der Waals surface area contributed by atoms with E-state index in [0.717, 1.165) is 36.9 Å². The number of amides is 2. The molecule has 0 saturated heterocycles. The lowest BCUT2D eigenvalue weighted by atomic mass is 9.94. The number of anilines is 2. The number of hydrogen-bond donors (Lipinski definition) is 0. The summed E-state index contributed by atoms with van der Waals surface area (Å²) in [4.78, 5) is 34.5. The summed E-state index contributed by atoms with van der Waals surface area (Å²) < 4.78 is 15.6. The number of rotatable bonds is 5. The Bertz CT molecular complexity index is 1130. The molecule has 1 unspecified atom stereocenters. The molecule has 0 bridgehead atoms. The number of carbonyl (C=O) groups excluding carboxylic acids is 2. The van der Waals surface area contributed by atoms with Crippen molar-refractivity contribution < 1.29 is 14.0 Å². The summed E-state index contributed by atoms with van der Waals surface area (Å²) in [6.45, 7) is -0.105. The first-order chi connectivity index (χ1) is 15.6. The molecule has 7 nitrogen and oxygen atoms in total. The van der Waals surface area contributed by atoms with Crippen LogP contribution in [-0.4, -0.2) is 32.6 Å². The van der Waals surface area contributed by atoms with Gasteiger partial charge in [-0.15, -0.1) is 0 Å². The largest absolute Gasteiger partial charge is 0.307 e. The van der Waals surface area contributed by atoms with E-state index in [1.54, 1.807) is 12.1 Å². The van der Waals surface area contributed by atoms with Gasteiger partial charge in [0.2, 0.25) is 5.91 Å². The number of benzene rings is 2. The van der Waals surface area contributed by atoms with Gasteiger partial charge in [0.1, 0.15) is 31.1 Å². The third-order valence-electron chi connectivity index (χ3n) is 6.28. The number of para-hydroxylation sites is 1. The molecule has 1 aromatic heterocycles. The lowest BCUT2D eigenvalue weighted by molar-refractivity contribution is -0.125. The Morgan fingerprint density at radius 2 is 1.91 bits per heavy atom. The summed E-state index contributed by atoms with van der Waals surface area (Å²) >= 11 is 0. The fourth-order valence-electron chi connectivity index (χ4n) is 4.88. The normalized spacial score (nSPS) is 18.6. The van der Waals surface area contributed by atoms with Crippen molar-refractivity contribution in [3.8, 4) is 0 Å². The molecular weight excluding hydrogens is 409 g/mol. The van der Waals surface area contributed by atoms with Gasteiger partial charge in [-0.05, 0) is 37.1 Å². The zero-order valence-electron chi connectivity index (χ0n) is 17.6. The lowest BCUT2D eigenvalue weighted by Gasteiger charge is -2.33. The molecule has 3 aromatic rings. The van der Waals surface area contributed by atoms with E-state index in [-0.39, 0.29) is 24.4 Å². The van der Waals surface area contributed by atoms with E-state index < -0.39 is 11.9 Å². The van der Waals surface area contributed by atoms with Gasteiger partial charge in [0.15, 0.2) is 0 Å². The van der Waals surface area contributed by atoms with Gasteiger partial charge in [-0.1, -0.05) is 43.5 Å². The Hall–Kier alpha value is -3.55. The predicted molar refractivity (Wildman–Crippen MR) is 117 cm³/mol. The molecule has 1 fully saturated rings. The maximum atomic E-state index is 14.2. The van der Waals surface area contributed by atoms with Crippen molar-refractivity contribution >= 4 is 23.2 Å². The van der Waals surface area contributed by atoms with Crippen LogP contribution in [0.3, 0.4) is 0 Å². The van der Waals surface area contributed by atoms with Gasteiger partial charge in [0, 0.05) is 23.0 Å². The maximum Gasteiger partial charge on any atom is 0.255 e. The average molecular weight is 433 g/mol. The van der Waals surface area contributed by atoms with Crippen molar-refractivity contribution in [1.29, 1.82) is 0 Å². The lowest BCUT2D eigenvalue weighted by Crippen LogP contribution is -2.46. The second kappa shape index (κ2) is 8.53. The zero-order chi connectivity index (χ0) is 22.1. The van der Waals surface area contributed by atoms with Crippen LogP contribution in [0.15, 0.2) is 61.2 Å². The van der Waals surface area contributed by atoms with Crippen LogP contribution in [0, 0.1) is 5.82 Å². The molecule has 2 amide bonds. The minimum atomic E-state index is -0.856. The van der Waals surface area contributed by atoms with E-state index in [9.17, 15) is 14.0 Å². The van der Waals surface area contributed by atoms with Gasteiger partial charge in [0.05, 0.1) is 0 Å². The molecule has 164 valence electrons. The highest BCUT2D eigenvalue weighted by Gasteiger charge is 2.45.